The van der Waals surface area contributed by atoms with Crippen LogP contribution in [0.2, 0.25) is 0 Å². The van der Waals surface area contributed by atoms with Gasteiger partial charge < -0.3 is 19.5 Å². The average Bonchev–Trinajstić information content (AvgIpc) is 3.29. The molecule has 0 atom stereocenters. The largest absolute Gasteiger partial charge is 0.488 e. The monoisotopic (exact) mass is 564 g/mol. The standard InChI is InChI=1S/C27H25F4N2O5P/c1-26(2,16-38-39(34,35)36)25-32-23(24(28)33-25)20-12-13-22(21(14-20)27(29,30)31)37-15-17-8-10-19(11-9-17)18-6-4-3-5-7-18/h3-14H,15-16H2,1-2H3,(H,32,33)(H2,34,35,36). The molecule has 0 spiro atoms. The predicted octanol–water partition coefficient (Wildman–Crippen LogP) is 6.87. The SMILES string of the molecule is CC(C)(COP(=O)(O)O)c1nc(-c2ccc(OCc3ccc(-c4ccccc4)cc3)c(C(F)(F)F)c2)c(F)[nH]1. The summed E-state index contributed by atoms with van der Waals surface area (Å²) in [5.41, 5.74) is -0.213. The molecule has 12 heteroatoms. The van der Waals surface area contributed by atoms with Gasteiger partial charge in [-0.15, -0.1) is 0 Å². The van der Waals surface area contributed by atoms with Crippen molar-refractivity contribution in [3.05, 3.63) is 95.7 Å². The number of imidazole rings is 1. The maximum absolute atomic E-state index is 14.7. The van der Waals surface area contributed by atoms with Crippen molar-refractivity contribution < 1.29 is 41.2 Å². The molecule has 0 aliphatic carbocycles. The molecule has 0 aliphatic rings. The number of hydrogen-bond acceptors (Lipinski definition) is 4. The van der Waals surface area contributed by atoms with Crippen LogP contribution in [0, 0.1) is 5.95 Å². The number of aromatic nitrogens is 2. The third kappa shape index (κ3) is 7.13. The maximum Gasteiger partial charge on any atom is 0.469 e. The number of alkyl halides is 3. The molecule has 0 bridgehead atoms. The van der Waals surface area contributed by atoms with Crippen LogP contribution in [0.4, 0.5) is 17.6 Å². The Hall–Kier alpha value is -3.50. The van der Waals surface area contributed by atoms with Gasteiger partial charge in [0.2, 0.25) is 5.95 Å². The number of phosphoric acid groups is 1. The second-order valence-electron chi connectivity index (χ2n) is 9.46. The summed E-state index contributed by atoms with van der Waals surface area (Å²) in [6.07, 6.45) is -4.80. The third-order valence-corrected chi connectivity index (χ3v) is 6.37. The Morgan fingerprint density at radius 2 is 1.54 bits per heavy atom. The lowest BCUT2D eigenvalue weighted by atomic mass is 9.94. The van der Waals surface area contributed by atoms with E-state index in [1.54, 1.807) is 12.1 Å². The quantitative estimate of drug-likeness (QED) is 0.151. The van der Waals surface area contributed by atoms with E-state index >= 15 is 0 Å². The van der Waals surface area contributed by atoms with Crippen LogP contribution >= 0.6 is 7.82 Å². The number of H-pyrrole nitrogens is 1. The summed E-state index contributed by atoms with van der Waals surface area (Å²) in [4.78, 5) is 24.3. The molecule has 0 saturated carbocycles. The first-order valence-electron chi connectivity index (χ1n) is 11.7. The van der Waals surface area contributed by atoms with Crippen molar-refractivity contribution in [3.63, 3.8) is 0 Å². The zero-order valence-corrected chi connectivity index (χ0v) is 21.8. The van der Waals surface area contributed by atoms with Crippen LogP contribution in [0.3, 0.4) is 0 Å². The summed E-state index contributed by atoms with van der Waals surface area (Å²) in [6.45, 7) is 2.33. The fraction of sp³-hybridized carbons (Fsp3) is 0.222. The van der Waals surface area contributed by atoms with Crippen LogP contribution in [-0.2, 0) is 27.3 Å². The Morgan fingerprint density at radius 3 is 2.15 bits per heavy atom. The Kier molecular flexibility index (Phi) is 7.99. The lowest BCUT2D eigenvalue weighted by Gasteiger charge is -2.21. The molecule has 0 aliphatic heterocycles. The number of halogens is 4. The Bertz CT molecular complexity index is 1480. The van der Waals surface area contributed by atoms with E-state index in [1.807, 2.05) is 42.5 Å². The molecule has 3 aromatic carbocycles. The highest BCUT2D eigenvalue weighted by Crippen LogP contribution is 2.41. The summed E-state index contributed by atoms with van der Waals surface area (Å²) < 4.78 is 77.5. The van der Waals surface area contributed by atoms with Crippen LogP contribution in [0.25, 0.3) is 22.4 Å². The number of benzene rings is 3. The highest BCUT2D eigenvalue weighted by Gasteiger charge is 2.36. The van der Waals surface area contributed by atoms with Crippen LogP contribution in [-0.4, -0.2) is 26.4 Å². The second-order valence-corrected chi connectivity index (χ2v) is 10.7. The number of hydrogen-bond donors (Lipinski definition) is 3. The van der Waals surface area contributed by atoms with Crippen molar-refractivity contribution in [2.75, 3.05) is 6.61 Å². The molecular weight excluding hydrogens is 539 g/mol. The van der Waals surface area contributed by atoms with Crippen molar-refractivity contribution in [2.45, 2.75) is 32.0 Å². The van der Waals surface area contributed by atoms with E-state index in [2.05, 4.69) is 14.5 Å². The minimum Gasteiger partial charge on any atom is -0.488 e. The van der Waals surface area contributed by atoms with Crippen molar-refractivity contribution in [2.24, 2.45) is 0 Å². The topological polar surface area (TPSA) is 105 Å². The highest BCUT2D eigenvalue weighted by atomic mass is 31.2. The van der Waals surface area contributed by atoms with Crippen molar-refractivity contribution in [3.8, 4) is 28.1 Å². The molecule has 206 valence electrons. The van der Waals surface area contributed by atoms with Crippen LogP contribution < -0.4 is 4.74 Å². The molecule has 3 N–H and O–H groups in total. The van der Waals surface area contributed by atoms with E-state index < -0.39 is 43.3 Å². The molecule has 0 radical (unpaired) electrons. The van der Waals surface area contributed by atoms with Gasteiger partial charge in [0, 0.05) is 11.0 Å². The zero-order valence-electron chi connectivity index (χ0n) is 20.9. The van der Waals surface area contributed by atoms with Gasteiger partial charge in [-0.2, -0.15) is 17.6 Å². The number of nitrogens with zero attached hydrogens (tertiary/aromatic N) is 1. The van der Waals surface area contributed by atoms with Crippen molar-refractivity contribution in [1.82, 2.24) is 9.97 Å². The highest BCUT2D eigenvalue weighted by molar-refractivity contribution is 7.46. The fourth-order valence-corrected chi connectivity index (χ4v) is 4.28. The fourth-order valence-electron chi connectivity index (χ4n) is 3.79. The van der Waals surface area contributed by atoms with Gasteiger partial charge in [0.15, 0.2) is 0 Å². The van der Waals surface area contributed by atoms with Gasteiger partial charge in [0.25, 0.3) is 0 Å². The summed E-state index contributed by atoms with van der Waals surface area (Å²) >= 11 is 0. The van der Waals surface area contributed by atoms with E-state index in [0.29, 0.717) is 5.56 Å². The van der Waals surface area contributed by atoms with E-state index in [9.17, 15) is 22.1 Å². The van der Waals surface area contributed by atoms with Crippen molar-refractivity contribution >= 4 is 7.82 Å². The van der Waals surface area contributed by atoms with Gasteiger partial charge in [-0.05, 0) is 34.9 Å². The zero-order chi connectivity index (χ0) is 28.4. The van der Waals surface area contributed by atoms with Gasteiger partial charge in [-0.25, -0.2) is 9.55 Å². The molecule has 39 heavy (non-hydrogen) atoms. The van der Waals surface area contributed by atoms with Gasteiger partial charge in [-0.1, -0.05) is 68.4 Å². The molecule has 0 amide bonds. The van der Waals surface area contributed by atoms with Crippen LogP contribution in [0.5, 0.6) is 5.75 Å². The van der Waals surface area contributed by atoms with Crippen molar-refractivity contribution in [1.29, 1.82) is 0 Å². The summed E-state index contributed by atoms with van der Waals surface area (Å²) in [5, 5.41) is 0. The summed E-state index contributed by atoms with van der Waals surface area (Å²) in [7, 11) is -4.80. The Labute approximate surface area is 221 Å². The lowest BCUT2D eigenvalue weighted by molar-refractivity contribution is -0.139. The smallest absolute Gasteiger partial charge is 0.469 e. The summed E-state index contributed by atoms with van der Waals surface area (Å²) in [5.74, 6) is -1.49. The first-order chi connectivity index (χ1) is 18.2. The van der Waals surface area contributed by atoms with E-state index in [-0.39, 0.29) is 23.7 Å². The Balaban J connectivity index is 1.55. The minimum atomic E-state index is -4.80. The molecule has 1 heterocycles. The average molecular weight is 564 g/mol. The van der Waals surface area contributed by atoms with Crippen LogP contribution in [0.15, 0.2) is 72.8 Å². The molecular formula is C27H25F4N2O5P. The van der Waals surface area contributed by atoms with Crippen LogP contribution in [0.1, 0.15) is 30.8 Å². The number of aromatic amines is 1. The number of rotatable bonds is 9. The maximum atomic E-state index is 14.7. The number of nitrogens with one attached hydrogen (secondary N) is 1. The minimum absolute atomic E-state index is 0.0590. The predicted molar refractivity (Wildman–Crippen MR) is 136 cm³/mol. The van der Waals surface area contributed by atoms with Gasteiger partial charge in [-0.3, -0.25) is 4.52 Å². The first-order valence-corrected chi connectivity index (χ1v) is 13.2. The summed E-state index contributed by atoms with van der Waals surface area (Å²) in [6, 6.07) is 20.0. The number of phosphoric ester groups is 1. The molecule has 0 fully saturated rings. The second kappa shape index (κ2) is 10.9. The van der Waals surface area contributed by atoms with Gasteiger partial charge in [0.05, 0.1) is 12.2 Å². The molecule has 0 saturated heterocycles. The first kappa shape index (κ1) is 28.5. The van der Waals surface area contributed by atoms with E-state index in [0.717, 1.165) is 23.3 Å². The molecule has 7 nitrogen and oxygen atoms in total. The van der Waals surface area contributed by atoms with E-state index in [4.69, 9.17) is 14.5 Å². The molecule has 1 aromatic heterocycles. The lowest BCUT2D eigenvalue weighted by Crippen LogP contribution is -2.25. The van der Waals surface area contributed by atoms with Gasteiger partial charge in [0.1, 0.15) is 23.9 Å². The van der Waals surface area contributed by atoms with E-state index in [1.165, 1.54) is 19.9 Å². The van der Waals surface area contributed by atoms with Gasteiger partial charge >= 0.3 is 14.0 Å². The third-order valence-electron chi connectivity index (χ3n) is 5.91. The molecule has 0 unspecified atom stereocenters. The number of ether oxygens (including phenoxy) is 1. The molecule has 4 aromatic rings. The normalized spacial score (nSPS) is 12.5. The Morgan fingerprint density at radius 1 is 0.923 bits per heavy atom. The molecule has 4 rings (SSSR count).